The van der Waals surface area contributed by atoms with E-state index in [4.69, 9.17) is 5.11 Å². The van der Waals surface area contributed by atoms with Gasteiger partial charge in [-0.2, -0.15) is 0 Å². The van der Waals surface area contributed by atoms with Crippen molar-refractivity contribution >= 4 is 12.0 Å². The average Bonchev–Trinajstić information content (AvgIpc) is 2.61. The summed E-state index contributed by atoms with van der Waals surface area (Å²) in [6.07, 6.45) is 10.8. The van der Waals surface area contributed by atoms with Crippen molar-refractivity contribution in [2.24, 2.45) is 0 Å². The lowest BCUT2D eigenvalue weighted by molar-refractivity contribution is -0.131. The molecule has 0 spiro atoms. The topological polar surface area (TPSA) is 63.1 Å². The molecular formula is C21H26N2O2. The zero-order valence-corrected chi connectivity index (χ0v) is 15.2. The second-order valence-electron chi connectivity index (χ2n) is 6.37. The van der Waals surface area contributed by atoms with Crippen LogP contribution in [0.2, 0.25) is 0 Å². The summed E-state index contributed by atoms with van der Waals surface area (Å²) in [4.78, 5) is 19.8. The molecule has 0 amide bonds. The van der Waals surface area contributed by atoms with Crippen molar-refractivity contribution < 1.29 is 9.90 Å². The number of carboxylic acids is 1. The summed E-state index contributed by atoms with van der Waals surface area (Å²) < 4.78 is 0. The van der Waals surface area contributed by atoms with Crippen LogP contribution in [0.15, 0.2) is 36.7 Å². The lowest BCUT2D eigenvalue weighted by atomic mass is 9.90. The number of hydrogen-bond donors (Lipinski definition) is 1. The lowest BCUT2D eigenvalue weighted by Gasteiger charge is -2.15. The second kappa shape index (κ2) is 9.11. The molecule has 1 aromatic carbocycles. The number of aromatic nitrogens is 2. The van der Waals surface area contributed by atoms with Crippen LogP contribution in [-0.2, 0) is 11.2 Å². The average molecular weight is 338 g/mol. The number of benzene rings is 1. The Balaban J connectivity index is 2.39. The summed E-state index contributed by atoms with van der Waals surface area (Å²) in [6.45, 7) is 6.47. The maximum atomic E-state index is 10.8. The van der Waals surface area contributed by atoms with Crippen LogP contribution < -0.4 is 0 Å². The van der Waals surface area contributed by atoms with E-state index in [1.54, 1.807) is 6.08 Å². The molecular weight excluding hydrogens is 312 g/mol. The predicted molar refractivity (Wildman–Crippen MR) is 101 cm³/mol. The first kappa shape index (κ1) is 18.8. The van der Waals surface area contributed by atoms with Crippen molar-refractivity contribution in [3.63, 3.8) is 0 Å². The maximum absolute atomic E-state index is 10.8. The molecule has 0 saturated heterocycles. The van der Waals surface area contributed by atoms with E-state index < -0.39 is 5.97 Å². The molecule has 1 heterocycles. The molecule has 0 saturated carbocycles. The Morgan fingerprint density at radius 3 is 2.52 bits per heavy atom. The van der Waals surface area contributed by atoms with Crippen molar-refractivity contribution in [3.8, 4) is 11.4 Å². The van der Waals surface area contributed by atoms with Crippen LogP contribution in [0.5, 0.6) is 0 Å². The Labute approximate surface area is 149 Å². The van der Waals surface area contributed by atoms with Crippen molar-refractivity contribution in [1.82, 2.24) is 9.97 Å². The fourth-order valence-electron chi connectivity index (χ4n) is 2.96. The van der Waals surface area contributed by atoms with Crippen molar-refractivity contribution in [2.75, 3.05) is 0 Å². The third-order valence-corrected chi connectivity index (χ3v) is 4.25. The van der Waals surface area contributed by atoms with Gasteiger partial charge in [-0.3, -0.25) is 0 Å². The standard InChI is InChI=1S/C21H26N2O2/c1-4-6-15(3)19-12-18(9-8-17(19)10-11-20(24)25)21-22-13-16(7-5-2)14-23-21/h8-15H,4-7H2,1-3H3,(H,24,25)/b11-10+. The Hall–Kier alpha value is -2.49. The van der Waals surface area contributed by atoms with Crippen molar-refractivity contribution in [3.05, 3.63) is 53.4 Å². The molecule has 132 valence electrons. The van der Waals surface area contributed by atoms with Crippen molar-refractivity contribution in [2.45, 2.75) is 52.4 Å². The minimum Gasteiger partial charge on any atom is -0.478 e. The Kier molecular flexibility index (Phi) is 6.87. The van der Waals surface area contributed by atoms with Crippen LogP contribution in [0, 0.1) is 0 Å². The number of rotatable bonds is 8. The second-order valence-corrected chi connectivity index (χ2v) is 6.37. The van der Waals surface area contributed by atoms with Gasteiger partial charge in [-0.15, -0.1) is 0 Å². The van der Waals surface area contributed by atoms with E-state index in [1.807, 2.05) is 24.5 Å². The highest BCUT2D eigenvalue weighted by Crippen LogP contribution is 2.29. The van der Waals surface area contributed by atoms with E-state index in [0.717, 1.165) is 47.9 Å². The summed E-state index contributed by atoms with van der Waals surface area (Å²) in [5, 5.41) is 8.90. The molecule has 4 nitrogen and oxygen atoms in total. The predicted octanol–water partition coefficient (Wildman–Crippen LogP) is 5.10. The van der Waals surface area contributed by atoms with Gasteiger partial charge in [0.15, 0.2) is 5.82 Å². The van der Waals surface area contributed by atoms with E-state index in [2.05, 4.69) is 36.8 Å². The Bertz CT molecular complexity index is 736. The van der Waals surface area contributed by atoms with Gasteiger partial charge in [0.1, 0.15) is 0 Å². The van der Waals surface area contributed by atoms with Gasteiger partial charge in [-0.1, -0.05) is 45.7 Å². The Morgan fingerprint density at radius 1 is 1.20 bits per heavy atom. The highest BCUT2D eigenvalue weighted by atomic mass is 16.4. The molecule has 25 heavy (non-hydrogen) atoms. The van der Waals surface area contributed by atoms with E-state index in [0.29, 0.717) is 11.7 Å². The maximum Gasteiger partial charge on any atom is 0.328 e. The Morgan fingerprint density at radius 2 is 1.92 bits per heavy atom. The number of carboxylic acid groups (broad SMARTS) is 1. The van der Waals surface area contributed by atoms with E-state index in [1.165, 1.54) is 6.08 Å². The van der Waals surface area contributed by atoms with Gasteiger partial charge < -0.3 is 5.11 Å². The molecule has 1 N–H and O–H groups in total. The monoisotopic (exact) mass is 338 g/mol. The summed E-state index contributed by atoms with van der Waals surface area (Å²) in [5.41, 5.74) is 4.19. The smallest absolute Gasteiger partial charge is 0.328 e. The molecule has 2 rings (SSSR count). The normalized spacial score (nSPS) is 12.4. The first-order valence-electron chi connectivity index (χ1n) is 8.91. The molecule has 0 aliphatic carbocycles. The van der Waals surface area contributed by atoms with Crippen LogP contribution in [0.3, 0.4) is 0 Å². The fraction of sp³-hybridized carbons (Fsp3) is 0.381. The molecule has 4 heteroatoms. The van der Waals surface area contributed by atoms with Gasteiger partial charge in [0.2, 0.25) is 0 Å². The minimum absolute atomic E-state index is 0.345. The molecule has 0 bridgehead atoms. The number of carbonyl (C=O) groups is 1. The highest BCUT2D eigenvalue weighted by Gasteiger charge is 2.12. The van der Waals surface area contributed by atoms with Crippen molar-refractivity contribution in [1.29, 1.82) is 0 Å². The van der Waals surface area contributed by atoms with Gasteiger partial charge in [0, 0.05) is 24.0 Å². The van der Waals surface area contributed by atoms with Gasteiger partial charge >= 0.3 is 5.97 Å². The molecule has 0 aliphatic rings. The number of aliphatic carboxylic acids is 1. The highest BCUT2D eigenvalue weighted by molar-refractivity contribution is 5.85. The van der Waals surface area contributed by atoms with Gasteiger partial charge in [0.25, 0.3) is 0 Å². The lowest BCUT2D eigenvalue weighted by Crippen LogP contribution is -1.99. The van der Waals surface area contributed by atoms with E-state index in [-0.39, 0.29) is 0 Å². The van der Waals surface area contributed by atoms with Gasteiger partial charge in [-0.25, -0.2) is 14.8 Å². The SMILES string of the molecule is CCCc1cnc(-c2ccc(/C=C/C(=O)O)c(C(C)CCC)c2)nc1. The van der Waals surface area contributed by atoms with E-state index >= 15 is 0 Å². The third-order valence-electron chi connectivity index (χ3n) is 4.25. The summed E-state index contributed by atoms with van der Waals surface area (Å²) in [6, 6.07) is 6.01. The van der Waals surface area contributed by atoms with Crippen LogP contribution in [0.4, 0.5) is 0 Å². The first-order chi connectivity index (χ1) is 12.0. The first-order valence-corrected chi connectivity index (χ1v) is 8.91. The van der Waals surface area contributed by atoms with E-state index in [9.17, 15) is 4.79 Å². The molecule has 0 fully saturated rings. The molecule has 2 aromatic rings. The van der Waals surface area contributed by atoms with Crippen LogP contribution in [0.1, 0.15) is 62.6 Å². The quantitative estimate of drug-likeness (QED) is 0.680. The molecule has 0 aliphatic heterocycles. The number of aryl methyl sites for hydroxylation is 1. The zero-order chi connectivity index (χ0) is 18.2. The van der Waals surface area contributed by atoms with Gasteiger partial charge in [0.05, 0.1) is 0 Å². The van der Waals surface area contributed by atoms with Crippen LogP contribution >= 0.6 is 0 Å². The largest absolute Gasteiger partial charge is 0.478 e. The summed E-state index contributed by atoms with van der Waals surface area (Å²) >= 11 is 0. The molecule has 1 atom stereocenters. The number of hydrogen-bond acceptors (Lipinski definition) is 3. The van der Waals surface area contributed by atoms with Crippen LogP contribution in [0.25, 0.3) is 17.5 Å². The zero-order valence-electron chi connectivity index (χ0n) is 15.2. The summed E-state index contributed by atoms with van der Waals surface area (Å²) in [7, 11) is 0. The fourth-order valence-corrected chi connectivity index (χ4v) is 2.96. The number of nitrogens with zero attached hydrogens (tertiary/aromatic N) is 2. The minimum atomic E-state index is -0.937. The molecule has 0 radical (unpaired) electrons. The molecule has 1 unspecified atom stereocenters. The third kappa shape index (κ3) is 5.24. The molecule has 1 aromatic heterocycles. The summed E-state index contributed by atoms with van der Waals surface area (Å²) in [5.74, 6) is 0.115. The van der Waals surface area contributed by atoms with Gasteiger partial charge in [-0.05, 0) is 47.6 Å². The van der Waals surface area contributed by atoms with Crippen LogP contribution in [-0.4, -0.2) is 21.0 Å².